The molecule has 0 aliphatic carbocycles. The fourth-order valence-electron chi connectivity index (χ4n) is 2.22. The Morgan fingerprint density at radius 2 is 2.03 bits per heavy atom. The van der Waals surface area contributed by atoms with Gasteiger partial charge >= 0.3 is 11.8 Å². The zero-order valence-electron chi connectivity index (χ0n) is 15.3. The molecule has 0 saturated carbocycles. The summed E-state index contributed by atoms with van der Waals surface area (Å²) in [6.45, 7) is 0.571. The minimum atomic E-state index is -0.520. The average molecular weight is 654 g/mol. The second-order valence-corrected chi connectivity index (χ2v) is 8.86. The van der Waals surface area contributed by atoms with Crippen molar-refractivity contribution in [2.45, 2.75) is 6.54 Å². The summed E-state index contributed by atoms with van der Waals surface area (Å²) in [5.41, 5.74) is 0. The smallest absolute Gasteiger partial charge is 0.316 e. The van der Waals surface area contributed by atoms with Crippen LogP contribution in [0.25, 0.3) is 0 Å². The molecule has 0 atom stereocenters. The van der Waals surface area contributed by atoms with Crippen molar-refractivity contribution in [2.24, 2.45) is 0 Å². The summed E-state index contributed by atoms with van der Waals surface area (Å²) in [4.78, 5) is 28.0. The largest absolute Gasteiger partial charge is 0.483 e. The van der Waals surface area contributed by atoms with Crippen LogP contribution in [-0.2, 0) is 11.3 Å². The number of nitrogens with zero attached hydrogens (tertiary/aromatic N) is 4. The zero-order chi connectivity index (χ0) is 21.5. The summed E-state index contributed by atoms with van der Waals surface area (Å²) >= 11 is 8.85. The van der Waals surface area contributed by atoms with Crippen molar-refractivity contribution in [3.8, 4) is 5.75 Å². The zero-order valence-corrected chi connectivity index (χ0v) is 20.6. The Hall–Kier alpha value is -2.00. The van der Waals surface area contributed by atoms with Crippen molar-refractivity contribution in [3.05, 3.63) is 54.8 Å². The summed E-state index contributed by atoms with van der Waals surface area (Å²) in [6.07, 6.45) is 3.52. The van der Waals surface area contributed by atoms with Crippen LogP contribution in [0.5, 0.6) is 5.75 Å². The van der Waals surface area contributed by atoms with Crippen molar-refractivity contribution in [1.82, 2.24) is 30.6 Å². The maximum atomic E-state index is 12.1. The van der Waals surface area contributed by atoms with Crippen LogP contribution in [0, 0.1) is 3.57 Å². The maximum absolute atomic E-state index is 12.1. The van der Waals surface area contributed by atoms with Gasteiger partial charge in [0.1, 0.15) is 12.3 Å². The number of benzene rings is 1. The maximum Gasteiger partial charge on any atom is 0.316 e. The molecule has 0 fully saturated rings. The number of hydrogen-bond acceptors (Lipinski definition) is 7. The highest BCUT2D eigenvalue weighted by Gasteiger charge is 2.15. The molecule has 2 heterocycles. The molecule has 0 unspecified atom stereocenters. The number of hydrogen-bond donors (Lipinski definition) is 2. The summed E-state index contributed by atoms with van der Waals surface area (Å²) in [7, 11) is 0. The molecule has 10 nitrogen and oxygen atoms in total. The fourth-order valence-corrected chi connectivity index (χ4v) is 3.83. The summed E-state index contributed by atoms with van der Waals surface area (Å²) in [5, 5.41) is 13.1. The van der Waals surface area contributed by atoms with Gasteiger partial charge in [-0.05, 0) is 56.7 Å². The molecule has 2 N–H and O–H groups in total. The van der Waals surface area contributed by atoms with Crippen LogP contribution in [-0.4, -0.2) is 51.4 Å². The molecule has 0 aliphatic rings. The Labute approximate surface area is 201 Å². The molecule has 0 saturated heterocycles. The summed E-state index contributed by atoms with van der Waals surface area (Å²) in [6, 6.07) is 5.38. The lowest BCUT2D eigenvalue weighted by molar-refractivity contribution is -0.123. The van der Waals surface area contributed by atoms with Gasteiger partial charge in [-0.2, -0.15) is 10.1 Å². The van der Waals surface area contributed by atoms with Crippen molar-refractivity contribution >= 4 is 66.3 Å². The van der Waals surface area contributed by atoms with Crippen molar-refractivity contribution < 1.29 is 18.8 Å². The van der Waals surface area contributed by atoms with Gasteiger partial charge in [0.05, 0.1) is 14.2 Å². The molecule has 30 heavy (non-hydrogen) atoms. The van der Waals surface area contributed by atoms with E-state index in [2.05, 4.69) is 80.3 Å². The first-order valence-corrected chi connectivity index (χ1v) is 11.2. The number of halogens is 3. The number of amides is 2. The summed E-state index contributed by atoms with van der Waals surface area (Å²) < 4.78 is 14.7. The molecule has 158 valence electrons. The minimum Gasteiger partial charge on any atom is -0.483 e. The highest BCUT2D eigenvalue weighted by atomic mass is 127. The lowest BCUT2D eigenvalue weighted by Gasteiger charge is -2.09. The number of carbonyl (C=O) groups is 2. The third-order valence-corrected chi connectivity index (χ3v) is 5.22. The second-order valence-electron chi connectivity index (χ2n) is 5.84. The van der Waals surface area contributed by atoms with Gasteiger partial charge in [0.2, 0.25) is 0 Å². The van der Waals surface area contributed by atoms with E-state index in [4.69, 9.17) is 9.26 Å². The quantitative estimate of drug-likeness (QED) is 0.269. The minimum absolute atomic E-state index is 0.145. The third-order valence-electron chi connectivity index (χ3n) is 3.55. The van der Waals surface area contributed by atoms with Gasteiger partial charge < -0.3 is 19.9 Å². The van der Waals surface area contributed by atoms with E-state index >= 15 is 0 Å². The monoisotopic (exact) mass is 652 g/mol. The number of ether oxygens (including phenoxy) is 1. The van der Waals surface area contributed by atoms with Crippen LogP contribution in [0.4, 0.5) is 0 Å². The van der Waals surface area contributed by atoms with Gasteiger partial charge in [-0.3, -0.25) is 14.3 Å². The van der Waals surface area contributed by atoms with E-state index < -0.39 is 5.91 Å². The van der Waals surface area contributed by atoms with Gasteiger partial charge in [0, 0.05) is 23.8 Å². The van der Waals surface area contributed by atoms with E-state index in [0.717, 1.165) is 12.5 Å². The standard InChI is InChI=1S/C17H15Br2IN6O4/c18-10-1-2-13(12(19)5-10)29-9-15(27)21-3-4-22-16(28)17-24-14(25-30-17)8-26-7-11(20)6-23-26/h1-2,5-7H,3-4,8-9H2,(H,21,27)(H,22,28). The fraction of sp³-hybridized carbons (Fsp3) is 0.235. The molecular weight excluding hydrogens is 639 g/mol. The van der Waals surface area contributed by atoms with Crippen LogP contribution < -0.4 is 15.4 Å². The van der Waals surface area contributed by atoms with Gasteiger partial charge in [0.15, 0.2) is 12.4 Å². The van der Waals surface area contributed by atoms with E-state index in [0.29, 0.717) is 18.1 Å². The predicted molar refractivity (Wildman–Crippen MR) is 121 cm³/mol. The van der Waals surface area contributed by atoms with Crippen LogP contribution in [0.15, 0.2) is 44.1 Å². The van der Waals surface area contributed by atoms with Crippen molar-refractivity contribution in [1.29, 1.82) is 0 Å². The van der Waals surface area contributed by atoms with Crippen LogP contribution >= 0.6 is 54.5 Å². The Kier molecular flexibility index (Phi) is 8.21. The Balaban J connectivity index is 1.35. The first-order valence-electron chi connectivity index (χ1n) is 8.54. The molecule has 2 aromatic heterocycles. The SMILES string of the molecule is O=C(COc1ccc(Br)cc1Br)NCCNC(=O)c1nc(Cn2cc(I)cn2)no1. The Bertz CT molecular complexity index is 1040. The summed E-state index contributed by atoms with van der Waals surface area (Å²) in [5.74, 6) is -0.0921. The molecule has 0 bridgehead atoms. The van der Waals surface area contributed by atoms with E-state index in [1.807, 2.05) is 18.3 Å². The van der Waals surface area contributed by atoms with Crippen LogP contribution in [0.2, 0.25) is 0 Å². The van der Waals surface area contributed by atoms with E-state index in [9.17, 15) is 9.59 Å². The Morgan fingerprint density at radius 1 is 1.23 bits per heavy atom. The molecular formula is C17H15Br2IN6O4. The number of carbonyl (C=O) groups excluding carboxylic acids is 2. The van der Waals surface area contributed by atoms with Gasteiger partial charge in [-0.1, -0.05) is 21.1 Å². The third kappa shape index (κ3) is 6.77. The first kappa shape index (κ1) is 22.7. The predicted octanol–water partition coefficient (Wildman–Crippen LogP) is 2.37. The van der Waals surface area contributed by atoms with Gasteiger partial charge in [0.25, 0.3) is 5.91 Å². The highest BCUT2D eigenvalue weighted by Crippen LogP contribution is 2.28. The molecule has 13 heteroatoms. The second kappa shape index (κ2) is 10.9. The lowest BCUT2D eigenvalue weighted by atomic mass is 10.3. The molecule has 3 aromatic rings. The molecule has 3 rings (SSSR count). The van der Waals surface area contributed by atoms with Crippen molar-refractivity contribution in [2.75, 3.05) is 19.7 Å². The van der Waals surface area contributed by atoms with Gasteiger partial charge in [-0.15, -0.1) is 0 Å². The topological polar surface area (TPSA) is 124 Å². The van der Waals surface area contributed by atoms with E-state index in [1.165, 1.54) is 0 Å². The molecule has 0 radical (unpaired) electrons. The molecule has 1 aromatic carbocycles. The molecule has 0 aliphatic heterocycles. The van der Waals surface area contributed by atoms with E-state index in [1.54, 1.807) is 16.9 Å². The lowest BCUT2D eigenvalue weighted by Crippen LogP contribution is -2.36. The first-order chi connectivity index (χ1) is 14.4. The number of rotatable bonds is 9. The highest BCUT2D eigenvalue weighted by molar-refractivity contribution is 14.1. The van der Waals surface area contributed by atoms with E-state index in [-0.39, 0.29) is 31.5 Å². The number of aromatic nitrogens is 4. The Morgan fingerprint density at radius 3 is 2.77 bits per heavy atom. The molecule has 0 spiro atoms. The van der Waals surface area contributed by atoms with Gasteiger partial charge in [-0.25, -0.2) is 0 Å². The molecule has 2 amide bonds. The van der Waals surface area contributed by atoms with Crippen molar-refractivity contribution in [3.63, 3.8) is 0 Å². The normalized spacial score (nSPS) is 10.6. The van der Waals surface area contributed by atoms with Crippen LogP contribution in [0.3, 0.4) is 0 Å². The number of nitrogens with one attached hydrogen (secondary N) is 2. The van der Waals surface area contributed by atoms with Crippen LogP contribution in [0.1, 0.15) is 16.5 Å². The average Bonchev–Trinajstić information content (AvgIpc) is 3.33.